The number of nitrogens with zero attached hydrogens (tertiary/aromatic N) is 2. The van der Waals surface area contributed by atoms with Crippen molar-refractivity contribution in [2.24, 2.45) is 0 Å². The summed E-state index contributed by atoms with van der Waals surface area (Å²) < 4.78 is 16.8. The van der Waals surface area contributed by atoms with Crippen molar-refractivity contribution in [3.63, 3.8) is 0 Å². The van der Waals surface area contributed by atoms with Crippen LogP contribution in [0.5, 0.6) is 17.2 Å². The smallest absolute Gasteiger partial charge is 0.166 e. The van der Waals surface area contributed by atoms with Gasteiger partial charge >= 0.3 is 0 Å². The van der Waals surface area contributed by atoms with E-state index in [1.54, 1.807) is 14.2 Å². The molecular weight excluding hydrogens is 368 g/mol. The number of methoxy groups -OCH3 is 2. The SMILES string of the molecule is COc1ccccc1N1CCN(CCCCOc2c(CO)cccc2OC)CC1. The number of piperazine rings is 1. The maximum absolute atomic E-state index is 9.49. The number of hydrogen-bond donors (Lipinski definition) is 1. The number of hydrogen-bond acceptors (Lipinski definition) is 6. The van der Waals surface area contributed by atoms with Gasteiger partial charge in [-0.1, -0.05) is 24.3 Å². The van der Waals surface area contributed by atoms with Crippen LogP contribution in [0.1, 0.15) is 18.4 Å². The molecule has 0 spiro atoms. The zero-order valence-electron chi connectivity index (χ0n) is 17.5. The van der Waals surface area contributed by atoms with E-state index >= 15 is 0 Å². The lowest BCUT2D eigenvalue weighted by atomic mass is 10.2. The van der Waals surface area contributed by atoms with Crippen LogP contribution >= 0.6 is 0 Å². The first-order chi connectivity index (χ1) is 14.3. The van der Waals surface area contributed by atoms with Gasteiger partial charge in [0.2, 0.25) is 0 Å². The standard InChI is InChI=1S/C23H32N2O4/c1-27-21-10-4-3-9-20(21)25-15-13-24(14-16-25)12-5-6-17-29-23-19(18-26)8-7-11-22(23)28-2/h3-4,7-11,26H,5-6,12-18H2,1-2H3. The minimum atomic E-state index is -0.0526. The molecular formula is C23H32N2O4. The zero-order valence-corrected chi connectivity index (χ0v) is 17.5. The number of para-hydroxylation sites is 3. The minimum Gasteiger partial charge on any atom is -0.495 e. The van der Waals surface area contributed by atoms with Gasteiger partial charge in [0.25, 0.3) is 0 Å². The highest BCUT2D eigenvalue weighted by Crippen LogP contribution is 2.31. The third-order valence-electron chi connectivity index (χ3n) is 5.36. The molecule has 1 aliphatic heterocycles. The number of anilines is 1. The highest BCUT2D eigenvalue weighted by Gasteiger charge is 2.19. The van der Waals surface area contributed by atoms with Crippen molar-refractivity contribution in [1.29, 1.82) is 0 Å². The molecule has 1 N–H and O–H groups in total. The molecule has 1 saturated heterocycles. The quantitative estimate of drug-likeness (QED) is 0.618. The van der Waals surface area contributed by atoms with Gasteiger partial charge in [-0.25, -0.2) is 0 Å². The van der Waals surface area contributed by atoms with Crippen molar-refractivity contribution in [1.82, 2.24) is 4.90 Å². The first kappa shape index (κ1) is 21.3. The molecule has 6 heteroatoms. The topological polar surface area (TPSA) is 54.4 Å². The van der Waals surface area contributed by atoms with Gasteiger partial charge in [-0.15, -0.1) is 0 Å². The summed E-state index contributed by atoms with van der Waals surface area (Å²) in [6.45, 7) is 5.77. The van der Waals surface area contributed by atoms with Crippen molar-refractivity contribution in [2.75, 3.05) is 58.5 Å². The van der Waals surface area contributed by atoms with Crippen LogP contribution in [0, 0.1) is 0 Å². The van der Waals surface area contributed by atoms with Gasteiger partial charge in [-0.2, -0.15) is 0 Å². The Hall–Kier alpha value is -2.44. The van der Waals surface area contributed by atoms with Crippen LogP contribution in [-0.2, 0) is 6.61 Å². The van der Waals surface area contributed by atoms with Crippen molar-refractivity contribution in [3.8, 4) is 17.2 Å². The summed E-state index contributed by atoms with van der Waals surface area (Å²) in [5.41, 5.74) is 1.94. The lowest BCUT2D eigenvalue weighted by molar-refractivity contribution is 0.229. The average Bonchev–Trinajstić information content (AvgIpc) is 2.79. The molecule has 2 aromatic carbocycles. The van der Waals surface area contributed by atoms with E-state index in [9.17, 15) is 5.11 Å². The fourth-order valence-electron chi connectivity index (χ4n) is 3.73. The Kier molecular flexibility index (Phi) is 8.02. The van der Waals surface area contributed by atoms with Crippen LogP contribution in [0.3, 0.4) is 0 Å². The van der Waals surface area contributed by atoms with Crippen molar-refractivity contribution in [3.05, 3.63) is 48.0 Å². The van der Waals surface area contributed by atoms with Gasteiger partial charge in [0.1, 0.15) is 5.75 Å². The van der Waals surface area contributed by atoms with Crippen LogP contribution < -0.4 is 19.1 Å². The molecule has 158 valence electrons. The summed E-state index contributed by atoms with van der Waals surface area (Å²) in [5, 5.41) is 9.49. The van der Waals surface area contributed by atoms with Crippen LogP contribution in [-0.4, -0.2) is 63.6 Å². The largest absolute Gasteiger partial charge is 0.495 e. The molecule has 0 atom stereocenters. The lowest BCUT2D eigenvalue weighted by Gasteiger charge is -2.36. The monoisotopic (exact) mass is 400 g/mol. The van der Waals surface area contributed by atoms with Crippen LogP contribution in [0.15, 0.2) is 42.5 Å². The Labute approximate surface area is 173 Å². The van der Waals surface area contributed by atoms with E-state index in [0.29, 0.717) is 18.1 Å². The number of rotatable bonds is 10. The van der Waals surface area contributed by atoms with Gasteiger partial charge in [0.15, 0.2) is 11.5 Å². The molecule has 0 aliphatic carbocycles. The third-order valence-corrected chi connectivity index (χ3v) is 5.36. The van der Waals surface area contributed by atoms with E-state index in [4.69, 9.17) is 14.2 Å². The zero-order chi connectivity index (χ0) is 20.5. The highest BCUT2D eigenvalue weighted by molar-refractivity contribution is 5.58. The fourth-order valence-corrected chi connectivity index (χ4v) is 3.73. The molecule has 3 rings (SSSR count). The van der Waals surface area contributed by atoms with Crippen LogP contribution in [0.4, 0.5) is 5.69 Å². The van der Waals surface area contributed by atoms with E-state index in [2.05, 4.69) is 21.9 Å². The van der Waals surface area contributed by atoms with Crippen molar-refractivity contribution >= 4 is 5.69 Å². The number of ether oxygens (including phenoxy) is 3. The maximum atomic E-state index is 9.49. The minimum absolute atomic E-state index is 0.0526. The van der Waals surface area contributed by atoms with Crippen LogP contribution in [0.2, 0.25) is 0 Å². The number of unbranched alkanes of at least 4 members (excludes halogenated alkanes) is 1. The lowest BCUT2D eigenvalue weighted by Crippen LogP contribution is -2.46. The van der Waals surface area contributed by atoms with Gasteiger partial charge in [-0.3, -0.25) is 4.90 Å². The number of benzene rings is 2. The molecule has 29 heavy (non-hydrogen) atoms. The Bertz CT molecular complexity index is 738. The Morgan fingerprint density at radius 3 is 2.31 bits per heavy atom. The summed E-state index contributed by atoms with van der Waals surface area (Å²) in [4.78, 5) is 4.91. The Morgan fingerprint density at radius 2 is 1.59 bits per heavy atom. The second kappa shape index (κ2) is 10.9. The molecule has 0 bridgehead atoms. The summed E-state index contributed by atoms with van der Waals surface area (Å²) in [6, 6.07) is 13.8. The summed E-state index contributed by atoms with van der Waals surface area (Å²) in [7, 11) is 3.35. The first-order valence-electron chi connectivity index (χ1n) is 10.3. The molecule has 6 nitrogen and oxygen atoms in total. The molecule has 1 aliphatic rings. The summed E-state index contributed by atoms with van der Waals surface area (Å²) >= 11 is 0. The first-order valence-corrected chi connectivity index (χ1v) is 10.3. The van der Waals surface area contributed by atoms with Crippen LogP contribution in [0.25, 0.3) is 0 Å². The molecule has 2 aromatic rings. The Balaban J connectivity index is 1.39. The predicted octanol–water partition coefficient (Wildman–Crippen LogP) is 3.18. The molecule has 0 amide bonds. The summed E-state index contributed by atoms with van der Waals surface area (Å²) in [6.07, 6.45) is 2.05. The van der Waals surface area contributed by atoms with E-state index in [1.165, 1.54) is 5.69 Å². The van der Waals surface area contributed by atoms with Gasteiger partial charge < -0.3 is 24.2 Å². The molecule has 1 heterocycles. The highest BCUT2D eigenvalue weighted by atomic mass is 16.5. The molecule has 0 aromatic heterocycles. The second-order valence-corrected chi connectivity index (χ2v) is 7.16. The molecule has 0 radical (unpaired) electrons. The number of aliphatic hydroxyl groups is 1. The summed E-state index contributed by atoms with van der Waals surface area (Å²) in [5.74, 6) is 2.27. The number of aliphatic hydroxyl groups excluding tert-OH is 1. The maximum Gasteiger partial charge on any atom is 0.166 e. The normalized spacial score (nSPS) is 14.7. The third kappa shape index (κ3) is 5.55. The van der Waals surface area contributed by atoms with E-state index < -0.39 is 0 Å². The van der Waals surface area contributed by atoms with Gasteiger partial charge in [0, 0.05) is 31.7 Å². The van der Waals surface area contributed by atoms with E-state index in [-0.39, 0.29) is 6.61 Å². The van der Waals surface area contributed by atoms with Gasteiger partial charge in [-0.05, 0) is 37.6 Å². The molecule has 1 fully saturated rings. The predicted molar refractivity (Wildman–Crippen MR) is 115 cm³/mol. The van der Waals surface area contributed by atoms with E-state index in [0.717, 1.165) is 56.9 Å². The Morgan fingerprint density at radius 1 is 0.862 bits per heavy atom. The van der Waals surface area contributed by atoms with Gasteiger partial charge in [0.05, 0.1) is 33.1 Å². The molecule has 0 unspecified atom stereocenters. The second-order valence-electron chi connectivity index (χ2n) is 7.16. The van der Waals surface area contributed by atoms with Crippen molar-refractivity contribution < 1.29 is 19.3 Å². The molecule has 0 saturated carbocycles. The van der Waals surface area contributed by atoms with E-state index in [1.807, 2.05) is 30.3 Å². The van der Waals surface area contributed by atoms with Crippen molar-refractivity contribution in [2.45, 2.75) is 19.4 Å². The fraction of sp³-hybridized carbons (Fsp3) is 0.478. The average molecular weight is 401 g/mol.